The highest BCUT2D eigenvalue weighted by Gasteiger charge is 2.32. The Morgan fingerprint density at radius 1 is 1.36 bits per heavy atom. The van der Waals surface area contributed by atoms with E-state index < -0.39 is 12.2 Å². The quantitative estimate of drug-likeness (QED) is 0.491. The molecule has 66 valence electrons. The number of hydrogen-bond acceptors (Lipinski definition) is 4. The third-order valence-corrected chi connectivity index (χ3v) is 1.93. The first-order valence-electron chi connectivity index (χ1n) is 3.83. The van der Waals surface area contributed by atoms with E-state index in [1.54, 1.807) is 0 Å². The zero-order chi connectivity index (χ0) is 8.27. The van der Waals surface area contributed by atoms with Gasteiger partial charge in [0.25, 0.3) is 0 Å². The molecule has 1 fully saturated rings. The molecule has 1 saturated heterocycles. The van der Waals surface area contributed by atoms with Crippen LogP contribution in [-0.4, -0.2) is 46.8 Å². The monoisotopic (exact) mass is 162 g/mol. The Morgan fingerprint density at radius 3 is 2.55 bits per heavy atom. The van der Waals surface area contributed by atoms with E-state index in [1.165, 1.54) is 0 Å². The molecule has 1 aliphatic rings. The molecule has 4 nitrogen and oxygen atoms in total. The maximum absolute atomic E-state index is 9.22. The van der Waals surface area contributed by atoms with Gasteiger partial charge in [0.15, 0.2) is 0 Å². The SMILES string of the molecule is OCCC1C[C@@H](O)C(CO)O1. The molecule has 0 aromatic rings. The number of ether oxygens (including phenoxy) is 1. The van der Waals surface area contributed by atoms with Gasteiger partial charge in [-0.1, -0.05) is 0 Å². The van der Waals surface area contributed by atoms with E-state index >= 15 is 0 Å². The van der Waals surface area contributed by atoms with Crippen LogP contribution in [0.3, 0.4) is 0 Å². The second-order valence-corrected chi connectivity index (χ2v) is 2.79. The van der Waals surface area contributed by atoms with Crippen LogP contribution in [0.4, 0.5) is 0 Å². The number of aliphatic hydroxyl groups is 3. The third kappa shape index (κ3) is 2.13. The Labute approximate surface area is 65.4 Å². The van der Waals surface area contributed by atoms with Gasteiger partial charge in [-0.25, -0.2) is 0 Å². The minimum atomic E-state index is -0.573. The van der Waals surface area contributed by atoms with E-state index in [-0.39, 0.29) is 19.3 Å². The molecule has 1 rings (SSSR count). The fourth-order valence-corrected chi connectivity index (χ4v) is 1.31. The molecular weight excluding hydrogens is 148 g/mol. The average Bonchev–Trinajstić information content (AvgIpc) is 2.32. The Balaban J connectivity index is 2.30. The zero-order valence-electron chi connectivity index (χ0n) is 6.31. The van der Waals surface area contributed by atoms with Crippen LogP contribution in [0.15, 0.2) is 0 Å². The van der Waals surface area contributed by atoms with E-state index in [1.807, 2.05) is 0 Å². The topological polar surface area (TPSA) is 69.9 Å². The lowest BCUT2D eigenvalue weighted by Gasteiger charge is -2.10. The van der Waals surface area contributed by atoms with Crippen molar-refractivity contribution >= 4 is 0 Å². The largest absolute Gasteiger partial charge is 0.396 e. The minimum absolute atomic E-state index is 0.0650. The maximum Gasteiger partial charge on any atom is 0.107 e. The van der Waals surface area contributed by atoms with Crippen LogP contribution in [0, 0.1) is 0 Å². The Kier molecular flexibility index (Phi) is 3.26. The van der Waals surface area contributed by atoms with Gasteiger partial charge in [-0.15, -0.1) is 0 Å². The molecule has 3 N–H and O–H groups in total. The molecule has 0 aromatic heterocycles. The van der Waals surface area contributed by atoms with Crippen molar-refractivity contribution in [2.75, 3.05) is 13.2 Å². The second-order valence-electron chi connectivity index (χ2n) is 2.79. The van der Waals surface area contributed by atoms with Crippen molar-refractivity contribution in [1.82, 2.24) is 0 Å². The van der Waals surface area contributed by atoms with Gasteiger partial charge in [-0.05, 0) is 6.42 Å². The molecule has 11 heavy (non-hydrogen) atoms. The number of aliphatic hydroxyl groups excluding tert-OH is 3. The van der Waals surface area contributed by atoms with E-state index in [0.717, 1.165) is 0 Å². The first-order chi connectivity index (χ1) is 5.27. The Bertz CT molecular complexity index is 117. The summed E-state index contributed by atoms with van der Waals surface area (Å²) in [5, 5.41) is 26.4. The predicted octanol–water partition coefficient (Wildman–Crippen LogP) is -1.12. The van der Waals surface area contributed by atoms with Crippen molar-refractivity contribution in [1.29, 1.82) is 0 Å². The summed E-state index contributed by atoms with van der Waals surface area (Å²) in [6, 6.07) is 0. The molecule has 0 aromatic carbocycles. The number of rotatable bonds is 3. The molecule has 2 unspecified atom stereocenters. The second kappa shape index (κ2) is 4.01. The standard InChI is InChI=1S/C7H14O4/c8-2-1-5-3-6(10)7(4-9)11-5/h5-10H,1-4H2/t5?,6-,7?/m1/s1. The summed E-state index contributed by atoms with van der Waals surface area (Å²) in [7, 11) is 0. The Morgan fingerprint density at radius 2 is 2.09 bits per heavy atom. The van der Waals surface area contributed by atoms with Crippen LogP contribution in [0.25, 0.3) is 0 Å². The summed E-state index contributed by atoms with van der Waals surface area (Å²) in [5.41, 5.74) is 0. The van der Waals surface area contributed by atoms with Crippen molar-refractivity contribution in [2.24, 2.45) is 0 Å². The van der Waals surface area contributed by atoms with Crippen molar-refractivity contribution in [2.45, 2.75) is 31.2 Å². The van der Waals surface area contributed by atoms with Gasteiger partial charge in [-0.2, -0.15) is 0 Å². The predicted molar refractivity (Wildman–Crippen MR) is 38.1 cm³/mol. The molecule has 0 spiro atoms. The van der Waals surface area contributed by atoms with Gasteiger partial charge in [0.2, 0.25) is 0 Å². The molecule has 4 heteroatoms. The van der Waals surface area contributed by atoms with Gasteiger partial charge >= 0.3 is 0 Å². The lowest BCUT2D eigenvalue weighted by molar-refractivity contribution is -0.0269. The smallest absolute Gasteiger partial charge is 0.107 e. The molecule has 1 aliphatic heterocycles. The molecule has 0 bridgehead atoms. The van der Waals surface area contributed by atoms with Gasteiger partial charge < -0.3 is 20.1 Å². The van der Waals surface area contributed by atoms with Crippen LogP contribution >= 0.6 is 0 Å². The Hall–Kier alpha value is -0.160. The summed E-state index contributed by atoms with van der Waals surface area (Å²) in [5.74, 6) is 0. The zero-order valence-corrected chi connectivity index (χ0v) is 6.31. The van der Waals surface area contributed by atoms with Gasteiger partial charge in [0.1, 0.15) is 6.10 Å². The molecule has 0 radical (unpaired) electrons. The fraction of sp³-hybridized carbons (Fsp3) is 1.00. The van der Waals surface area contributed by atoms with Crippen molar-refractivity contribution in [3.05, 3.63) is 0 Å². The lowest BCUT2D eigenvalue weighted by Crippen LogP contribution is -2.24. The molecule has 0 aliphatic carbocycles. The van der Waals surface area contributed by atoms with E-state index in [2.05, 4.69) is 0 Å². The first kappa shape index (κ1) is 8.93. The maximum atomic E-state index is 9.22. The van der Waals surface area contributed by atoms with Crippen LogP contribution in [0.2, 0.25) is 0 Å². The van der Waals surface area contributed by atoms with Crippen LogP contribution < -0.4 is 0 Å². The highest BCUT2D eigenvalue weighted by Crippen LogP contribution is 2.21. The normalized spacial score (nSPS) is 37.9. The molecule has 3 atom stereocenters. The van der Waals surface area contributed by atoms with E-state index in [0.29, 0.717) is 12.8 Å². The minimum Gasteiger partial charge on any atom is -0.396 e. The van der Waals surface area contributed by atoms with Gasteiger partial charge in [-0.3, -0.25) is 0 Å². The van der Waals surface area contributed by atoms with E-state index in [9.17, 15) is 5.11 Å². The molecule has 0 amide bonds. The van der Waals surface area contributed by atoms with Crippen LogP contribution in [-0.2, 0) is 4.74 Å². The van der Waals surface area contributed by atoms with E-state index in [4.69, 9.17) is 14.9 Å². The van der Waals surface area contributed by atoms with Crippen molar-refractivity contribution in [3.63, 3.8) is 0 Å². The summed E-state index contributed by atoms with van der Waals surface area (Å²) < 4.78 is 5.20. The van der Waals surface area contributed by atoms with Crippen LogP contribution in [0.5, 0.6) is 0 Å². The molecule has 0 saturated carbocycles. The van der Waals surface area contributed by atoms with Crippen molar-refractivity contribution < 1.29 is 20.1 Å². The summed E-state index contributed by atoms with van der Waals surface area (Å²) in [6.45, 7) is -0.0847. The fourth-order valence-electron chi connectivity index (χ4n) is 1.31. The van der Waals surface area contributed by atoms with Crippen molar-refractivity contribution in [3.8, 4) is 0 Å². The first-order valence-corrected chi connectivity index (χ1v) is 3.83. The highest BCUT2D eigenvalue weighted by molar-refractivity contribution is 4.81. The van der Waals surface area contributed by atoms with Gasteiger partial charge in [0.05, 0.1) is 18.8 Å². The van der Waals surface area contributed by atoms with Crippen LogP contribution in [0.1, 0.15) is 12.8 Å². The summed E-state index contributed by atoms with van der Waals surface area (Å²) >= 11 is 0. The molecular formula is C7H14O4. The van der Waals surface area contributed by atoms with Gasteiger partial charge in [0, 0.05) is 13.0 Å². The highest BCUT2D eigenvalue weighted by atomic mass is 16.5. The lowest BCUT2D eigenvalue weighted by atomic mass is 10.1. The summed E-state index contributed by atoms with van der Waals surface area (Å²) in [4.78, 5) is 0. The number of hydrogen-bond donors (Lipinski definition) is 3. The summed E-state index contributed by atoms with van der Waals surface area (Å²) in [6.07, 6.45) is -0.0606. The molecule has 1 heterocycles. The average molecular weight is 162 g/mol. The third-order valence-electron chi connectivity index (χ3n) is 1.93.